The number of hydrogen-bond donors (Lipinski definition) is 0. The molecule has 3 nitrogen and oxygen atoms in total. The van der Waals surface area contributed by atoms with Crippen LogP contribution < -0.4 is 0 Å². The molecule has 1 unspecified atom stereocenters. The molecule has 0 spiro atoms. The van der Waals surface area contributed by atoms with Crippen molar-refractivity contribution >= 4 is 27.6 Å². The van der Waals surface area contributed by atoms with Gasteiger partial charge in [0.15, 0.2) is 0 Å². The zero-order chi connectivity index (χ0) is 26.2. The Bertz CT molecular complexity index is 1320. The summed E-state index contributed by atoms with van der Waals surface area (Å²) in [4.78, 5) is 10.3. The predicted molar refractivity (Wildman–Crippen MR) is 154 cm³/mol. The van der Waals surface area contributed by atoms with Gasteiger partial charge in [0.05, 0.1) is 16.6 Å². The summed E-state index contributed by atoms with van der Waals surface area (Å²) in [6.07, 6.45) is 4.97. The van der Waals surface area contributed by atoms with Crippen molar-refractivity contribution in [2.45, 2.75) is 118 Å². The Balaban J connectivity index is 0.000000815. The summed E-state index contributed by atoms with van der Waals surface area (Å²) in [7, 11) is 0. The maximum atomic E-state index is 5.21. The van der Waals surface area contributed by atoms with Crippen LogP contribution in [0.1, 0.15) is 119 Å². The molecule has 0 aliphatic heterocycles. The summed E-state index contributed by atoms with van der Waals surface area (Å²) in [6.45, 7) is 24.3. The minimum absolute atomic E-state index is 0.0833. The molecule has 0 saturated carbocycles. The summed E-state index contributed by atoms with van der Waals surface area (Å²) in [5.74, 6) is 1.08. The standard InChI is InChI=1S/C28H35N3.2C2H6/c1-8-9-14-28(7)17-27(5,6)19-16-23-22(15-20(19)28)29-24-18-12-10-11-13-21(18)30-25(31(23)24)26(2,3)4;2*1-2/h10-13,15-16H,8-9,14,17H2,1-7H3;2*1-2H3. The zero-order valence-corrected chi connectivity index (χ0v) is 24.1. The van der Waals surface area contributed by atoms with Gasteiger partial charge in [0, 0.05) is 10.8 Å². The monoisotopic (exact) mass is 473 g/mol. The van der Waals surface area contributed by atoms with E-state index in [4.69, 9.17) is 9.97 Å². The third-order valence-electron chi connectivity index (χ3n) is 7.34. The minimum atomic E-state index is -0.0833. The van der Waals surface area contributed by atoms with E-state index in [0.717, 1.165) is 27.9 Å². The van der Waals surface area contributed by atoms with Gasteiger partial charge < -0.3 is 0 Å². The molecule has 0 saturated heterocycles. The van der Waals surface area contributed by atoms with Gasteiger partial charge in [-0.05, 0) is 59.1 Å². The largest absolute Gasteiger partial charge is 0.279 e. The molecule has 4 aromatic rings. The van der Waals surface area contributed by atoms with Crippen molar-refractivity contribution in [3.8, 4) is 0 Å². The lowest BCUT2D eigenvalue weighted by molar-refractivity contribution is 0.347. The first-order valence-corrected chi connectivity index (χ1v) is 13.8. The number of rotatable bonds is 3. The van der Waals surface area contributed by atoms with Gasteiger partial charge in [-0.25, -0.2) is 9.97 Å². The zero-order valence-electron chi connectivity index (χ0n) is 24.1. The van der Waals surface area contributed by atoms with Crippen molar-refractivity contribution in [1.82, 2.24) is 14.4 Å². The van der Waals surface area contributed by atoms with Crippen molar-refractivity contribution in [3.63, 3.8) is 0 Å². The van der Waals surface area contributed by atoms with Crippen LogP contribution in [0.5, 0.6) is 0 Å². The fourth-order valence-corrected chi connectivity index (χ4v) is 5.96. The minimum Gasteiger partial charge on any atom is -0.279 e. The molecular weight excluding hydrogens is 426 g/mol. The molecule has 0 N–H and O–H groups in total. The quantitative estimate of drug-likeness (QED) is 0.296. The van der Waals surface area contributed by atoms with Crippen LogP contribution in [0, 0.1) is 0 Å². The Morgan fingerprint density at radius 3 is 2.17 bits per heavy atom. The van der Waals surface area contributed by atoms with E-state index in [-0.39, 0.29) is 16.2 Å². The van der Waals surface area contributed by atoms with Gasteiger partial charge in [0.2, 0.25) is 0 Å². The third kappa shape index (κ3) is 4.59. The van der Waals surface area contributed by atoms with Gasteiger partial charge in [-0.3, -0.25) is 4.40 Å². The topological polar surface area (TPSA) is 30.2 Å². The van der Waals surface area contributed by atoms with Gasteiger partial charge in [-0.15, -0.1) is 0 Å². The lowest BCUT2D eigenvalue weighted by Crippen LogP contribution is -2.21. The molecule has 3 heteroatoms. The summed E-state index contributed by atoms with van der Waals surface area (Å²) >= 11 is 0. The summed E-state index contributed by atoms with van der Waals surface area (Å²) in [5, 5.41) is 1.12. The normalized spacial score (nSPS) is 18.7. The Kier molecular flexibility index (Phi) is 7.70. The van der Waals surface area contributed by atoms with Crippen molar-refractivity contribution in [2.24, 2.45) is 0 Å². The molecular formula is C32H47N3. The van der Waals surface area contributed by atoms with Gasteiger partial charge in [0.25, 0.3) is 0 Å². The number of hydrogen-bond acceptors (Lipinski definition) is 2. The van der Waals surface area contributed by atoms with Gasteiger partial charge in [0.1, 0.15) is 11.5 Å². The number of imidazole rings is 1. The second-order valence-corrected chi connectivity index (χ2v) is 11.6. The number of aromatic nitrogens is 3. The Hall–Kier alpha value is -2.42. The van der Waals surface area contributed by atoms with E-state index in [1.807, 2.05) is 27.7 Å². The Morgan fingerprint density at radius 1 is 0.886 bits per heavy atom. The molecule has 0 radical (unpaired) electrons. The third-order valence-corrected chi connectivity index (χ3v) is 7.34. The van der Waals surface area contributed by atoms with E-state index in [1.54, 1.807) is 0 Å². The van der Waals surface area contributed by atoms with Gasteiger partial charge >= 0.3 is 0 Å². The number of unbranched alkanes of at least 4 members (excludes halogenated alkanes) is 1. The first-order chi connectivity index (χ1) is 16.5. The summed E-state index contributed by atoms with van der Waals surface area (Å²) in [5.41, 5.74) is 7.67. The van der Waals surface area contributed by atoms with Crippen LogP contribution in [-0.2, 0) is 16.2 Å². The molecule has 2 aromatic heterocycles. The maximum Gasteiger partial charge on any atom is 0.148 e. The van der Waals surface area contributed by atoms with Crippen LogP contribution >= 0.6 is 0 Å². The van der Waals surface area contributed by atoms with E-state index in [2.05, 4.69) is 89.3 Å². The van der Waals surface area contributed by atoms with Crippen molar-refractivity contribution in [2.75, 3.05) is 0 Å². The van der Waals surface area contributed by atoms with Crippen LogP contribution in [0.15, 0.2) is 36.4 Å². The van der Waals surface area contributed by atoms with Crippen molar-refractivity contribution < 1.29 is 0 Å². The van der Waals surface area contributed by atoms with Crippen LogP contribution in [0.4, 0.5) is 0 Å². The lowest BCUT2D eigenvalue weighted by Gasteiger charge is -2.27. The highest BCUT2D eigenvalue weighted by Gasteiger charge is 2.44. The molecule has 35 heavy (non-hydrogen) atoms. The van der Waals surface area contributed by atoms with Crippen LogP contribution in [0.3, 0.4) is 0 Å². The SMILES string of the molecule is CC.CC.CCCCC1(C)CC(C)(C)c2cc3c(cc21)nc1c2ccccc2nc(C(C)(C)C)n31. The molecule has 1 atom stereocenters. The molecule has 0 bridgehead atoms. The molecule has 1 aliphatic rings. The van der Waals surface area contributed by atoms with E-state index in [9.17, 15) is 0 Å². The molecule has 190 valence electrons. The smallest absolute Gasteiger partial charge is 0.148 e. The van der Waals surface area contributed by atoms with E-state index >= 15 is 0 Å². The van der Waals surface area contributed by atoms with E-state index in [1.165, 1.54) is 42.3 Å². The molecule has 2 heterocycles. The highest BCUT2D eigenvalue weighted by atomic mass is 15.1. The fraction of sp³-hybridized carbons (Fsp3) is 0.562. The van der Waals surface area contributed by atoms with E-state index < -0.39 is 0 Å². The van der Waals surface area contributed by atoms with Crippen LogP contribution in [0.2, 0.25) is 0 Å². The highest BCUT2D eigenvalue weighted by Crippen LogP contribution is 2.53. The van der Waals surface area contributed by atoms with Crippen LogP contribution in [0.25, 0.3) is 27.6 Å². The second-order valence-electron chi connectivity index (χ2n) is 11.6. The molecule has 2 aromatic carbocycles. The first-order valence-electron chi connectivity index (χ1n) is 13.8. The average molecular weight is 474 g/mol. The number of benzene rings is 2. The Morgan fingerprint density at radius 2 is 1.54 bits per heavy atom. The van der Waals surface area contributed by atoms with Crippen molar-refractivity contribution in [1.29, 1.82) is 0 Å². The fourth-order valence-electron chi connectivity index (χ4n) is 5.96. The van der Waals surface area contributed by atoms with Gasteiger partial charge in [-0.1, -0.05) is 101 Å². The molecule has 1 aliphatic carbocycles. The molecule has 0 fully saturated rings. The average Bonchev–Trinajstić information content (AvgIpc) is 3.30. The van der Waals surface area contributed by atoms with Crippen LogP contribution in [-0.4, -0.2) is 14.4 Å². The first kappa shape index (κ1) is 27.2. The number of para-hydroxylation sites is 1. The number of fused-ring (bicyclic) bond motifs is 6. The summed E-state index contributed by atoms with van der Waals surface area (Å²) in [6, 6.07) is 13.3. The highest BCUT2D eigenvalue weighted by molar-refractivity contribution is 5.97. The number of nitrogens with zero attached hydrogens (tertiary/aromatic N) is 3. The van der Waals surface area contributed by atoms with Crippen molar-refractivity contribution in [3.05, 3.63) is 53.3 Å². The lowest BCUT2D eigenvalue weighted by atomic mass is 9.77. The summed E-state index contributed by atoms with van der Waals surface area (Å²) < 4.78 is 2.33. The second kappa shape index (κ2) is 9.91. The van der Waals surface area contributed by atoms with Gasteiger partial charge in [-0.2, -0.15) is 0 Å². The maximum absolute atomic E-state index is 5.21. The Labute approximate surface area is 213 Å². The molecule has 5 rings (SSSR count). The predicted octanol–water partition coefficient (Wildman–Crippen LogP) is 9.51. The molecule has 0 amide bonds. The van der Waals surface area contributed by atoms with E-state index in [0.29, 0.717) is 0 Å².